The fourth-order valence-electron chi connectivity index (χ4n) is 3.08. The minimum atomic E-state index is -0.926. The lowest BCUT2D eigenvalue weighted by Gasteiger charge is -2.39. The molecule has 1 aromatic carbocycles. The van der Waals surface area contributed by atoms with Crippen molar-refractivity contribution in [3.8, 4) is 5.75 Å². The van der Waals surface area contributed by atoms with E-state index in [1.807, 2.05) is 39.0 Å². The van der Waals surface area contributed by atoms with Gasteiger partial charge in [-0.3, -0.25) is 10.0 Å². The molecule has 1 aliphatic heterocycles. The SMILES string of the molecule is C=C/C=C(\C=C)Oc1cccc(SC2(C(=O)NO)CCN(C(=O)OC(C)(C)C)CC2)c1. The van der Waals surface area contributed by atoms with E-state index in [1.165, 1.54) is 11.8 Å². The Morgan fingerprint density at radius 2 is 1.94 bits per heavy atom. The maximum absolute atomic E-state index is 12.6. The maximum Gasteiger partial charge on any atom is 0.410 e. The van der Waals surface area contributed by atoms with Crippen LogP contribution in [0.15, 0.2) is 66.3 Å². The average Bonchev–Trinajstić information content (AvgIpc) is 2.72. The highest BCUT2D eigenvalue weighted by molar-refractivity contribution is 8.01. The van der Waals surface area contributed by atoms with Gasteiger partial charge in [-0.25, -0.2) is 10.3 Å². The third-order valence-electron chi connectivity index (χ3n) is 4.58. The summed E-state index contributed by atoms with van der Waals surface area (Å²) in [6.07, 6.45) is 5.20. The molecule has 2 amide bonds. The third kappa shape index (κ3) is 6.90. The molecule has 1 saturated heterocycles. The van der Waals surface area contributed by atoms with E-state index in [1.54, 1.807) is 34.7 Å². The smallest absolute Gasteiger partial charge is 0.410 e. The Bertz CT molecular complexity index is 852. The molecule has 0 unspecified atom stereocenters. The van der Waals surface area contributed by atoms with Gasteiger partial charge < -0.3 is 14.4 Å². The van der Waals surface area contributed by atoms with E-state index >= 15 is 0 Å². The highest BCUT2D eigenvalue weighted by Gasteiger charge is 2.44. The van der Waals surface area contributed by atoms with Gasteiger partial charge in [0.25, 0.3) is 5.91 Å². The summed E-state index contributed by atoms with van der Waals surface area (Å²) in [5.74, 6) is 0.639. The summed E-state index contributed by atoms with van der Waals surface area (Å²) in [5.41, 5.74) is 1.20. The number of thioether (sulfide) groups is 1. The van der Waals surface area contributed by atoms with Gasteiger partial charge in [-0.1, -0.05) is 25.3 Å². The average molecular weight is 447 g/mol. The molecule has 0 bridgehead atoms. The van der Waals surface area contributed by atoms with Crippen LogP contribution in [0.4, 0.5) is 4.79 Å². The van der Waals surface area contributed by atoms with Crippen LogP contribution in [0.25, 0.3) is 0 Å². The normalized spacial score (nSPS) is 16.3. The number of rotatable bonds is 7. The number of nitrogens with one attached hydrogen (secondary N) is 1. The number of hydrogen-bond donors (Lipinski definition) is 2. The first-order chi connectivity index (χ1) is 14.6. The molecule has 8 heteroatoms. The molecule has 2 rings (SSSR count). The Balaban J connectivity index is 2.16. The number of allylic oxidation sites excluding steroid dienone is 3. The summed E-state index contributed by atoms with van der Waals surface area (Å²) in [4.78, 5) is 27.4. The molecule has 0 spiro atoms. The second kappa shape index (κ2) is 10.5. The highest BCUT2D eigenvalue weighted by atomic mass is 32.2. The topological polar surface area (TPSA) is 88.1 Å². The van der Waals surface area contributed by atoms with Crippen LogP contribution in [0, 0.1) is 0 Å². The van der Waals surface area contributed by atoms with Crippen molar-refractivity contribution >= 4 is 23.8 Å². The lowest BCUT2D eigenvalue weighted by atomic mass is 9.95. The van der Waals surface area contributed by atoms with Crippen LogP contribution >= 0.6 is 11.8 Å². The molecule has 1 aromatic rings. The van der Waals surface area contributed by atoms with Gasteiger partial charge in [0.1, 0.15) is 21.9 Å². The summed E-state index contributed by atoms with van der Waals surface area (Å²) in [6.45, 7) is 13.5. The van der Waals surface area contributed by atoms with Gasteiger partial charge in [-0.15, -0.1) is 11.8 Å². The lowest BCUT2D eigenvalue weighted by Crippen LogP contribution is -2.53. The second-order valence-electron chi connectivity index (χ2n) is 8.09. The summed E-state index contributed by atoms with van der Waals surface area (Å²) in [5, 5.41) is 9.35. The van der Waals surface area contributed by atoms with Crippen LogP contribution in [-0.2, 0) is 9.53 Å². The molecule has 0 atom stereocenters. The van der Waals surface area contributed by atoms with Crippen LogP contribution in [0.2, 0.25) is 0 Å². The molecular weight excluding hydrogens is 416 g/mol. The Kier molecular flexibility index (Phi) is 8.36. The molecular formula is C23H30N2O5S. The van der Waals surface area contributed by atoms with E-state index in [4.69, 9.17) is 9.47 Å². The molecule has 31 heavy (non-hydrogen) atoms. The monoisotopic (exact) mass is 446 g/mol. The van der Waals surface area contributed by atoms with Gasteiger partial charge in [0.15, 0.2) is 0 Å². The predicted octanol–water partition coefficient (Wildman–Crippen LogP) is 4.69. The van der Waals surface area contributed by atoms with Crippen LogP contribution in [-0.4, -0.2) is 45.5 Å². The van der Waals surface area contributed by atoms with Crippen molar-refractivity contribution in [3.63, 3.8) is 0 Å². The number of amides is 2. The van der Waals surface area contributed by atoms with Gasteiger partial charge in [0, 0.05) is 18.0 Å². The number of carbonyl (C=O) groups is 2. The van der Waals surface area contributed by atoms with E-state index < -0.39 is 22.3 Å². The molecule has 168 valence electrons. The number of hydrogen-bond acceptors (Lipinski definition) is 6. The van der Waals surface area contributed by atoms with Crippen molar-refractivity contribution in [1.82, 2.24) is 10.4 Å². The summed E-state index contributed by atoms with van der Waals surface area (Å²) < 4.78 is 10.3. The number of benzene rings is 1. The minimum Gasteiger partial charge on any atom is -0.457 e. The third-order valence-corrected chi connectivity index (χ3v) is 6.05. The molecule has 0 saturated carbocycles. The lowest BCUT2D eigenvalue weighted by molar-refractivity contribution is -0.133. The number of hydroxylamine groups is 1. The van der Waals surface area contributed by atoms with Crippen molar-refractivity contribution in [1.29, 1.82) is 0 Å². The largest absolute Gasteiger partial charge is 0.457 e. The molecule has 1 heterocycles. The zero-order valence-corrected chi connectivity index (χ0v) is 19.0. The van der Waals surface area contributed by atoms with Gasteiger partial charge in [0.05, 0.1) is 0 Å². The van der Waals surface area contributed by atoms with Gasteiger partial charge in [-0.05, 0) is 64.0 Å². The molecule has 0 aromatic heterocycles. The summed E-state index contributed by atoms with van der Waals surface area (Å²) in [7, 11) is 0. The van der Waals surface area contributed by atoms with E-state index in [-0.39, 0.29) is 0 Å². The number of ether oxygens (including phenoxy) is 2. The Hall–Kier alpha value is -2.71. The van der Waals surface area contributed by atoms with Crippen LogP contribution in [0.1, 0.15) is 33.6 Å². The van der Waals surface area contributed by atoms with Gasteiger partial charge in [0.2, 0.25) is 0 Å². The Labute approximate surface area is 187 Å². The van der Waals surface area contributed by atoms with Crippen LogP contribution in [0.5, 0.6) is 5.75 Å². The van der Waals surface area contributed by atoms with Crippen molar-refractivity contribution in [2.45, 2.75) is 48.9 Å². The van der Waals surface area contributed by atoms with Gasteiger partial charge >= 0.3 is 6.09 Å². The molecule has 1 aliphatic rings. The first-order valence-corrected chi connectivity index (χ1v) is 10.8. The fraction of sp³-hybridized carbons (Fsp3) is 0.391. The number of carbonyl (C=O) groups excluding carboxylic acids is 2. The Morgan fingerprint density at radius 3 is 2.48 bits per heavy atom. The highest BCUT2D eigenvalue weighted by Crippen LogP contribution is 2.42. The zero-order valence-electron chi connectivity index (χ0n) is 18.2. The van der Waals surface area contributed by atoms with Crippen LogP contribution in [0.3, 0.4) is 0 Å². The molecule has 0 radical (unpaired) electrons. The zero-order chi connectivity index (χ0) is 23.1. The molecule has 7 nitrogen and oxygen atoms in total. The fourth-order valence-corrected chi connectivity index (χ4v) is 4.37. The number of piperidine rings is 1. The predicted molar refractivity (Wildman–Crippen MR) is 121 cm³/mol. The second-order valence-corrected chi connectivity index (χ2v) is 9.55. The van der Waals surface area contributed by atoms with E-state index in [9.17, 15) is 14.8 Å². The molecule has 1 fully saturated rings. The minimum absolute atomic E-state index is 0.341. The standard InChI is InChI=1S/C23H30N2O5S/c1-6-9-17(7-2)29-18-10-8-11-19(16-18)31-23(20(26)24-28)12-14-25(15-13-23)21(27)30-22(3,4)5/h6-11,16,28H,1-2,12-15H2,3-5H3,(H,24,26)/b17-9+. The first-order valence-electron chi connectivity index (χ1n) is 9.97. The number of likely N-dealkylation sites (tertiary alicyclic amines) is 1. The quantitative estimate of drug-likeness (QED) is 0.273. The van der Waals surface area contributed by atoms with Crippen molar-refractivity contribution in [2.24, 2.45) is 0 Å². The van der Waals surface area contributed by atoms with Crippen LogP contribution < -0.4 is 10.2 Å². The van der Waals surface area contributed by atoms with E-state index in [2.05, 4.69) is 13.2 Å². The van der Waals surface area contributed by atoms with E-state index in [0.717, 1.165) is 4.90 Å². The number of nitrogens with zero attached hydrogens (tertiary/aromatic N) is 1. The van der Waals surface area contributed by atoms with Crippen molar-refractivity contribution in [2.75, 3.05) is 13.1 Å². The molecule has 2 N–H and O–H groups in total. The van der Waals surface area contributed by atoms with Crippen molar-refractivity contribution in [3.05, 3.63) is 61.4 Å². The maximum atomic E-state index is 12.6. The molecule has 0 aliphatic carbocycles. The first kappa shape index (κ1) is 24.6. The van der Waals surface area contributed by atoms with Gasteiger partial charge in [-0.2, -0.15) is 0 Å². The summed E-state index contributed by atoms with van der Waals surface area (Å²) >= 11 is 1.34. The summed E-state index contributed by atoms with van der Waals surface area (Å²) in [6, 6.07) is 7.31. The van der Waals surface area contributed by atoms with E-state index in [0.29, 0.717) is 37.4 Å². The Morgan fingerprint density at radius 1 is 1.26 bits per heavy atom. The van der Waals surface area contributed by atoms with Crippen molar-refractivity contribution < 1.29 is 24.3 Å².